The Morgan fingerprint density at radius 2 is 1.87 bits per heavy atom. The molecule has 2 aromatic carbocycles. The first-order valence-electron chi connectivity index (χ1n) is 14.3. The van der Waals surface area contributed by atoms with Gasteiger partial charge in [-0.25, -0.2) is 19.6 Å². The van der Waals surface area contributed by atoms with E-state index < -0.39 is 17.7 Å². The number of fused-ring (bicyclic) bond motifs is 2. The fourth-order valence-corrected chi connectivity index (χ4v) is 5.49. The Bertz CT molecular complexity index is 1980. The molecule has 1 fully saturated rings. The zero-order chi connectivity index (χ0) is 32.8. The van der Waals surface area contributed by atoms with Gasteiger partial charge in [-0.15, -0.1) is 18.3 Å². The van der Waals surface area contributed by atoms with Gasteiger partial charge in [0.25, 0.3) is 0 Å². The summed E-state index contributed by atoms with van der Waals surface area (Å²) in [6, 6.07) is 11.3. The first-order chi connectivity index (χ1) is 21.8. The molecule has 3 aromatic heterocycles. The lowest BCUT2D eigenvalue weighted by molar-refractivity contribution is -0.274. The molecular weight excluding hydrogens is 603 g/mol. The van der Waals surface area contributed by atoms with Crippen LogP contribution in [-0.4, -0.2) is 72.3 Å². The van der Waals surface area contributed by atoms with Crippen molar-refractivity contribution < 1.29 is 27.4 Å². The molecule has 0 bridgehead atoms. The molecule has 238 valence electrons. The average Bonchev–Trinajstić information content (AvgIpc) is 3.37. The Balaban J connectivity index is 1.33. The van der Waals surface area contributed by atoms with Crippen molar-refractivity contribution in [2.45, 2.75) is 32.7 Å². The van der Waals surface area contributed by atoms with Gasteiger partial charge >= 0.3 is 6.36 Å². The van der Waals surface area contributed by atoms with E-state index in [1.807, 2.05) is 24.8 Å². The molecule has 0 radical (unpaired) electrons. The maximum atomic E-state index is 13.6. The lowest BCUT2D eigenvalue weighted by atomic mass is 9.98. The largest absolute Gasteiger partial charge is 0.573 e. The highest BCUT2D eigenvalue weighted by atomic mass is 19.4. The van der Waals surface area contributed by atoms with Crippen molar-refractivity contribution in [3.8, 4) is 17.2 Å². The first-order valence-corrected chi connectivity index (χ1v) is 14.3. The van der Waals surface area contributed by atoms with E-state index in [9.17, 15) is 18.0 Å². The van der Waals surface area contributed by atoms with Crippen LogP contribution in [-0.2, 0) is 11.8 Å². The molecule has 1 saturated heterocycles. The number of pyridine rings is 1. The minimum absolute atomic E-state index is 0.00330. The predicted molar refractivity (Wildman–Crippen MR) is 165 cm³/mol. The summed E-state index contributed by atoms with van der Waals surface area (Å²) in [6.45, 7) is 10.7. The molecule has 6 rings (SSSR count). The standard InChI is InChI=1S/C31H30F3N9O3/c1-6-27(44)43-12-11-42(16-30(43,3)4)26-10-8-20-28(38-26)29(36-17-35-20)37-22-13-18(2)24(15-25(22)46-31(32,33)34)45-19-7-9-23-21(14-19)39-40-41(23)5/h6-10,13-15,17H,1,11-12,16H2,2-5H3,(H,35,36,37). The van der Waals surface area contributed by atoms with E-state index in [1.54, 1.807) is 47.8 Å². The number of halogens is 3. The summed E-state index contributed by atoms with van der Waals surface area (Å²) in [5.74, 6) is 0.632. The van der Waals surface area contributed by atoms with Crippen molar-refractivity contribution in [1.29, 1.82) is 0 Å². The third-order valence-electron chi connectivity index (χ3n) is 7.70. The second-order valence-electron chi connectivity index (χ2n) is 11.4. The summed E-state index contributed by atoms with van der Waals surface area (Å²) in [4.78, 5) is 29.6. The molecule has 15 heteroatoms. The van der Waals surface area contributed by atoms with Crippen LogP contribution < -0.4 is 19.7 Å². The van der Waals surface area contributed by atoms with Crippen molar-refractivity contribution in [3.63, 3.8) is 0 Å². The molecule has 12 nitrogen and oxygen atoms in total. The highest BCUT2D eigenvalue weighted by Crippen LogP contribution is 2.40. The number of ether oxygens (including phenoxy) is 2. The van der Waals surface area contributed by atoms with E-state index in [0.29, 0.717) is 53.3 Å². The lowest BCUT2D eigenvalue weighted by Gasteiger charge is -2.47. The smallest absolute Gasteiger partial charge is 0.457 e. The van der Waals surface area contributed by atoms with Crippen LogP contribution >= 0.6 is 0 Å². The molecule has 1 aliphatic rings. The lowest BCUT2D eigenvalue weighted by Crippen LogP contribution is -2.61. The topological polar surface area (TPSA) is 123 Å². The molecule has 1 aliphatic heterocycles. The van der Waals surface area contributed by atoms with Gasteiger partial charge in [0, 0.05) is 38.8 Å². The number of aromatic nitrogens is 6. The number of amides is 1. The van der Waals surface area contributed by atoms with Crippen LogP contribution in [0.4, 0.5) is 30.5 Å². The van der Waals surface area contributed by atoms with Crippen LogP contribution in [0.25, 0.3) is 22.1 Å². The number of piperazine rings is 1. The number of nitrogens with one attached hydrogen (secondary N) is 1. The fraction of sp³-hybridized carbons (Fsp3) is 0.290. The number of carbonyl (C=O) groups is 1. The van der Waals surface area contributed by atoms with E-state index in [1.165, 1.54) is 24.5 Å². The highest BCUT2D eigenvalue weighted by molar-refractivity contribution is 5.89. The van der Waals surface area contributed by atoms with Crippen molar-refractivity contribution in [2.24, 2.45) is 7.05 Å². The summed E-state index contributed by atoms with van der Waals surface area (Å²) in [5, 5.41) is 11.0. The average molecular weight is 634 g/mol. The van der Waals surface area contributed by atoms with E-state index in [4.69, 9.17) is 9.72 Å². The zero-order valence-corrected chi connectivity index (χ0v) is 25.5. The second kappa shape index (κ2) is 11.5. The molecule has 46 heavy (non-hydrogen) atoms. The number of nitrogens with zero attached hydrogens (tertiary/aromatic N) is 8. The maximum absolute atomic E-state index is 13.6. The van der Waals surface area contributed by atoms with Gasteiger partial charge in [0.2, 0.25) is 5.91 Å². The maximum Gasteiger partial charge on any atom is 0.573 e. The number of benzene rings is 2. The van der Waals surface area contributed by atoms with Gasteiger partial charge in [0.15, 0.2) is 11.6 Å². The Labute approximate surface area is 261 Å². The second-order valence-corrected chi connectivity index (χ2v) is 11.4. The Kier molecular flexibility index (Phi) is 7.62. The van der Waals surface area contributed by atoms with Gasteiger partial charge in [-0.05, 0) is 62.7 Å². The number of hydrogen-bond acceptors (Lipinski definition) is 10. The van der Waals surface area contributed by atoms with Crippen LogP contribution in [0.2, 0.25) is 0 Å². The van der Waals surface area contributed by atoms with E-state index in [0.717, 1.165) is 5.52 Å². The molecule has 0 aliphatic carbocycles. The number of anilines is 3. The molecule has 0 atom stereocenters. The van der Waals surface area contributed by atoms with Crippen LogP contribution in [0.15, 0.2) is 61.4 Å². The predicted octanol–water partition coefficient (Wildman–Crippen LogP) is 5.66. The van der Waals surface area contributed by atoms with Crippen LogP contribution in [0.3, 0.4) is 0 Å². The summed E-state index contributed by atoms with van der Waals surface area (Å²) in [6.07, 6.45) is -2.38. The number of alkyl halides is 3. The number of carbonyl (C=O) groups excluding carboxylic acids is 1. The van der Waals surface area contributed by atoms with Gasteiger partial charge in [-0.1, -0.05) is 11.8 Å². The minimum Gasteiger partial charge on any atom is -0.457 e. The van der Waals surface area contributed by atoms with E-state index in [2.05, 4.69) is 36.9 Å². The van der Waals surface area contributed by atoms with Gasteiger partial charge in [0.05, 0.1) is 22.3 Å². The molecule has 0 saturated carbocycles. The van der Waals surface area contributed by atoms with Crippen molar-refractivity contribution in [3.05, 3.63) is 67.0 Å². The first kappa shape index (κ1) is 30.6. The third-order valence-corrected chi connectivity index (χ3v) is 7.70. The van der Waals surface area contributed by atoms with E-state index >= 15 is 0 Å². The molecule has 0 unspecified atom stereocenters. The van der Waals surface area contributed by atoms with Crippen molar-refractivity contribution >= 4 is 45.3 Å². The van der Waals surface area contributed by atoms with Crippen LogP contribution in [0, 0.1) is 6.92 Å². The number of rotatable bonds is 7. The molecule has 0 spiro atoms. The highest BCUT2D eigenvalue weighted by Gasteiger charge is 2.36. The molecule has 1 N–H and O–H groups in total. The third kappa shape index (κ3) is 6.07. The Morgan fingerprint density at radius 3 is 2.61 bits per heavy atom. The monoisotopic (exact) mass is 633 g/mol. The quantitative estimate of drug-likeness (QED) is 0.225. The summed E-state index contributed by atoms with van der Waals surface area (Å²) in [5.41, 5.74) is 2.19. The summed E-state index contributed by atoms with van der Waals surface area (Å²) < 4.78 is 52.8. The Hall–Kier alpha value is -5.47. The van der Waals surface area contributed by atoms with Gasteiger partial charge in [-0.3, -0.25) is 4.79 Å². The normalized spacial score (nSPS) is 14.8. The minimum atomic E-state index is -4.98. The molecular formula is C31H30F3N9O3. The molecule has 4 heterocycles. The number of hydrogen-bond donors (Lipinski definition) is 1. The van der Waals surface area contributed by atoms with Crippen molar-refractivity contribution in [1.82, 2.24) is 34.8 Å². The van der Waals surface area contributed by atoms with Crippen molar-refractivity contribution in [2.75, 3.05) is 29.9 Å². The fourth-order valence-electron chi connectivity index (χ4n) is 5.49. The molecule has 5 aromatic rings. The molecule has 1 amide bonds. The van der Waals surface area contributed by atoms with Gasteiger partial charge in [-0.2, -0.15) is 0 Å². The summed E-state index contributed by atoms with van der Waals surface area (Å²) >= 11 is 0. The SMILES string of the molecule is C=CC(=O)N1CCN(c2ccc3ncnc(Nc4cc(C)c(Oc5ccc6c(c5)nnn6C)cc4OC(F)(F)F)c3n2)CC1(C)C. The van der Waals surface area contributed by atoms with Crippen LogP contribution in [0.5, 0.6) is 17.2 Å². The van der Waals surface area contributed by atoms with Gasteiger partial charge < -0.3 is 24.6 Å². The van der Waals surface area contributed by atoms with Gasteiger partial charge in [0.1, 0.15) is 34.7 Å². The summed E-state index contributed by atoms with van der Waals surface area (Å²) in [7, 11) is 1.75. The number of aryl methyl sites for hydroxylation is 2. The van der Waals surface area contributed by atoms with E-state index in [-0.39, 0.29) is 23.2 Å². The Morgan fingerprint density at radius 1 is 1.07 bits per heavy atom. The van der Waals surface area contributed by atoms with Crippen LogP contribution in [0.1, 0.15) is 19.4 Å². The zero-order valence-electron chi connectivity index (χ0n) is 25.5.